The Balaban J connectivity index is 1.63. The van der Waals surface area contributed by atoms with Crippen LogP contribution in [0.15, 0.2) is 53.4 Å². The van der Waals surface area contributed by atoms with E-state index in [9.17, 15) is 14.0 Å². The molecule has 3 aromatic rings. The van der Waals surface area contributed by atoms with Gasteiger partial charge < -0.3 is 4.57 Å². The minimum atomic E-state index is -0.484. The lowest BCUT2D eigenvalue weighted by Gasteiger charge is -2.12. The second kappa shape index (κ2) is 8.54. The maximum absolute atomic E-state index is 13.5. The summed E-state index contributed by atoms with van der Waals surface area (Å²) >= 11 is 12.8. The second-order valence-electron chi connectivity index (χ2n) is 7.15. The van der Waals surface area contributed by atoms with Gasteiger partial charge in [0, 0.05) is 22.1 Å². The van der Waals surface area contributed by atoms with Gasteiger partial charge in [-0.15, -0.1) is 0 Å². The largest absolute Gasteiger partial charge is 0.318 e. The third-order valence-corrected chi connectivity index (χ3v) is 6.49. The molecular weight excluding hydrogens is 458 g/mol. The predicted octanol–water partition coefficient (Wildman–Crippen LogP) is 6.78. The van der Waals surface area contributed by atoms with Crippen LogP contribution >= 0.6 is 35.0 Å². The summed E-state index contributed by atoms with van der Waals surface area (Å²) in [4.78, 5) is 26.9. The van der Waals surface area contributed by atoms with E-state index < -0.39 is 5.82 Å². The molecular formula is C23H17Cl2FN2O2S. The van der Waals surface area contributed by atoms with Gasteiger partial charge in [-0.3, -0.25) is 14.5 Å². The molecule has 31 heavy (non-hydrogen) atoms. The number of carbonyl (C=O) groups is 2. The summed E-state index contributed by atoms with van der Waals surface area (Å²) in [5.41, 5.74) is 4.09. The third kappa shape index (κ3) is 4.28. The Morgan fingerprint density at radius 2 is 1.74 bits per heavy atom. The summed E-state index contributed by atoms with van der Waals surface area (Å²) in [6.07, 6.45) is 1.72. The highest BCUT2D eigenvalue weighted by atomic mass is 35.5. The van der Waals surface area contributed by atoms with E-state index in [1.165, 1.54) is 11.0 Å². The number of hydrogen-bond donors (Lipinski definition) is 0. The molecule has 0 radical (unpaired) electrons. The van der Waals surface area contributed by atoms with Crippen molar-refractivity contribution in [1.29, 1.82) is 0 Å². The van der Waals surface area contributed by atoms with E-state index in [2.05, 4.69) is 0 Å². The van der Waals surface area contributed by atoms with Crippen molar-refractivity contribution in [2.45, 2.75) is 20.4 Å². The Morgan fingerprint density at radius 1 is 1.03 bits per heavy atom. The number of aromatic nitrogens is 1. The van der Waals surface area contributed by atoms with Gasteiger partial charge in [-0.1, -0.05) is 35.3 Å². The Bertz CT molecular complexity index is 1240. The van der Waals surface area contributed by atoms with Crippen molar-refractivity contribution in [2.75, 3.05) is 0 Å². The highest BCUT2D eigenvalue weighted by Gasteiger charge is 2.35. The number of aryl methyl sites for hydroxylation is 1. The van der Waals surface area contributed by atoms with E-state index in [1.807, 2.05) is 24.5 Å². The highest BCUT2D eigenvalue weighted by molar-refractivity contribution is 8.18. The molecule has 1 saturated heterocycles. The van der Waals surface area contributed by atoms with Crippen LogP contribution in [-0.4, -0.2) is 20.6 Å². The van der Waals surface area contributed by atoms with Crippen molar-refractivity contribution in [3.05, 3.63) is 91.8 Å². The molecule has 0 bridgehead atoms. The number of imide groups is 1. The fraction of sp³-hybridized carbons (Fsp3) is 0.130. The predicted molar refractivity (Wildman–Crippen MR) is 123 cm³/mol. The number of thioether (sulfide) groups is 1. The molecule has 2 aromatic carbocycles. The van der Waals surface area contributed by atoms with Crippen molar-refractivity contribution >= 4 is 52.2 Å². The van der Waals surface area contributed by atoms with Gasteiger partial charge in [0.25, 0.3) is 11.1 Å². The van der Waals surface area contributed by atoms with Crippen molar-refractivity contribution in [3.8, 4) is 5.69 Å². The molecule has 2 heterocycles. The summed E-state index contributed by atoms with van der Waals surface area (Å²) < 4.78 is 15.5. The van der Waals surface area contributed by atoms with Crippen LogP contribution in [0, 0.1) is 19.7 Å². The lowest BCUT2D eigenvalue weighted by molar-refractivity contribution is -0.123. The van der Waals surface area contributed by atoms with Gasteiger partial charge in [-0.2, -0.15) is 0 Å². The molecule has 4 rings (SSSR count). The third-order valence-electron chi connectivity index (χ3n) is 5.05. The lowest BCUT2D eigenvalue weighted by atomic mass is 10.2. The Labute approximate surface area is 193 Å². The maximum atomic E-state index is 13.5. The number of rotatable bonds is 4. The molecule has 1 fully saturated rings. The van der Waals surface area contributed by atoms with Gasteiger partial charge >= 0.3 is 0 Å². The van der Waals surface area contributed by atoms with E-state index >= 15 is 0 Å². The summed E-state index contributed by atoms with van der Waals surface area (Å²) in [6, 6.07) is 13.5. The quantitative estimate of drug-likeness (QED) is 0.391. The Kier molecular flexibility index (Phi) is 5.97. The molecule has 0 unspecified atom stereocenters. The molecule has 0 spiro atoms. The lowest BCUT2D eigenvalue weighted by Crippen LogP contribution is -2.27. The SMILES string of the molecule is Cc1cc(/C=C2/SC(=O)N(Cc3ccc(Cl)cc3)C2=O)c(C)n1-c1ccc(F)c(Cl)c1. The zero-order chi connectivity index (χ0) is 22.3. The van der Waals surface area contributed by atoms with E-state index in [-0.39, 0.29) is 22.7 Å². The normalized spacial score (nSPS) is 15.4. The number of nitrogens with zero attached hydrogens (tertiary/aromatic N) is 2. The van der Waals surface area contributed by atoms with Gasteiger partial charge in [0.05, 0.1) is 16.5 Å². The van der Waals surface area contributed by atoms with Crippen LogP contribution in [0.1, 0.15) is 22.5 Å². The minimum Gasteiger partial charge on any atom is -0.318 e. The Hall–Kier alpha value is -2.54. The van der Waals surface area contributed by atoms with Crippen LogP contribution in [-0.2, 0) is 11.3 Å². The molecule has 4 nitrogen and oxygen atoms in total. The van der Waals surface area contributed by atoms with Crippen LogP contribution in [0.2, 0.25) is 10.0 Å². The van der Waals surface area contributed by atoms with Crippen LogP contribution in [0.4, 0.5) is 9.18 Å². The van der Waals surface area contributed by atoms with E-state index in [4.69, 9.17) is 23.2 Å². The fourth-order valence-electron chi connectivity index (χ4n) is 3.51. The monoisotopic (exact) mass is 474 g/mol. The summed E-state index contributed by atoms with van der Waals surface area (Å²) in [5, 5.41) is 0.316. The highest BCUT2D eigenvalue weighted by Crippen LogP contribution is 2.35. The molecule has 0 aliphatic carbocycles. The van der Waals surface area contributed by atoms with E-state index in [0.29, 0.717) is 9.93 Å². The standard InChI is InChI=1S/C23H17Cl2FN2O2S/c1-13-9-16(14(2)28(13)18-7-8-20(26)19(25)11-18)10-21-22(29)27(23(30)31-21)12-15-3-5-17(24)6-4-15/h3-11H,12H2,1-2H3/b21-10+. The Morgan fingerprint density at radius 3 is 2.42 bits per heavy atom. The van der Waals surface area contributed by atoms with Gasteiger partial charge in [0.15, 0.2) is 0 Å². The average molecular weight is 475 g/mol. The van der Waals surface area contributed by atoms with Crippen LogP contribution in [0.3, 0.4) is 0 Å². The van der Waals surface area contributed by atoms with Gasteiger partial charge in [0.1, 0.15) is 5.82 Å². The van der Waals surface area contributed by atoms with Crippen LogP contribution < -0.4 is 0 Å². The minimum absolute atomic E-state index is 0.0369. The average Bonchev–Trinajstić information content (AvgIpc) is 3.15. The first-order valence-corrected chi connectivity index (χ1v) is 11.0. The first-order chi connectivity index (χ1) is 14.7. The molecule has 158 valence electrons. The molecule has 0 atom stereocenters. The molecule has 1 aliphatic rings. The van der Waals surface area contributed by atoms with Gasteiger partial charge in [-0.05, 0) is 79.2 Å². The zero-order valence-electron chi connectivity index (χ0n) is 16.7. The van der Waals surface area contributed by atoms with E-state index in [1.54, 1.807) is 42.5 Å². The first-order valence-electron chi connectivity index (χ1n) is 9.39. The van der Waals surface area contributed by atoms with Crippen LogP contribution in [0.5, 0.6) is 0 Å². The zero-order valence-corrected chi connectivity index (χ0v) is 19.0. The molecule has 1 aromatic heterocycles. The molecule has 2 amide bonds. The van der Waals surface area contributed by atoms with E-state index in [0.717, 1.165) is 40.0 Å². The second-order valence-corrected chi connectivity index (χ2v) is 8.99. The van der Waals surface area contributed by atoms with Crippen molar-refractivity contribution in [3.63, 3.8) is 0 Å². The molecule has 8 heteroatoms. The summed E-state index contributed by atoms with van der Waals surface area (Å²) in [7, 11) is 0. The van der Waals surface area contributed by atoms with Gasteiger partial charge in [0.2, 0.25) is 0 Å². The fourth-order valence-corrected chi connectivity index (χ4v) is 4.64. The van der Waals surface area contributed by atoms with Crippen molar-refractivity contribution < 1.29 is 14.0 Å². The number of halogens is 3. The first kappa shape index (κ1) is 21.7. The number of carbonyl (C=O) groups excluding carboxylic acids is 2. The number of hydrogen-bond acceptors (Lipinski definition) is 3. The molecule has 0 saturated carbocycles. The maximum Gasteiger partial charge on any atom is 0.293 e. The van der Waals surface area contributed by atoms with Gasteiger partial charge in [-0.25, -0.2) is 4.39 Å². The van der Waals surface area contributed by atoms with Crippen molar-refractivity contribution in [1.82, 2.24) is 9.47 Å². The molecule has 0 N–H and O–H groups in total. The summed E-state index contributed by atoms with van der Waals surface area (Å²) in [5.74, 6) is -0.818. The van der Waals surface area contributed by atoms with Crippen LogP contribution in [0.25, 0.3) is 11.8 Å². The van der Waals surface area contributed by atoms with Crippen molar-refractivity contribution in [2.24, 2.45) is 0 Å². The molecule has 1 aliphatic heterocycles. The summed E-state index contributed by atoms with van der Waals surface area (Å²) in [6.45, 7) is 3.99. The number of amides is 2. The smallest absolute Gasteiger partial charge is 0.293 e. The number of benzene rings is 2. The topological polar surface area (TPSA) is 42.3 Å².